The van der Waals surface area contributed by atoms with Gasteiger partial charge in [0.1, 0.15) is 0 Å². The molecule has 0 radical (unpaired) electrons. The Morgan fingerprint density at radius 2 is 1.68 bits per heavy atom. The zero-order valence-corrected chi connectivity index (χ0v) is 13.7. The molecule has 1 unspecified atom stereocenters. The van der Waals surface area contributed by atoms with E-state index in [1.807, 2.05) is 44.2 Å². The highest BCUT2D eigenvalue weighted by molar-refractivity contribution is 5.70. The maximum atomic E-state index is 11.8. The van der Waals surface area contributed by atoms with E-state index in [1.165, 1.54) is 0 Å². The summed E-state index contributed by atoms with van der Waals surface area (Å²) in [5.41, 5.74) is 1.14. The molecule has 1 rings (SSSR count). The summed E-state index contributed by atoms with van der Waals surface area (Å²) in [6.45, 7) is 7.68. The Morgan fingerprint density at radius 1 is 1.05 bits per heavy atom. The third kappa shape index (κ3) is 7.02. The molecule has 1 N–H and O–H groups in total. The molecule has 1 atom stereocenters. The molecule has 1 aromatic carbocycles. The maximum absolute atomic E-state index is 11.8. The fourth-order valence-electron chi connectivity index (χ4n) is 2.12. The smallest absolute Gasteiger partial charge is 0.307 e. The first-order chi connectivity index (χ1) is 10.7. The third-order valence-electron chi connectivity index (χ3n) is 3.09. The number of hydrogen-bond donors (Lipinski definition) is 1. The molecule has 0 aliphatic carbocycles. The molecule has 0 spiro atoms. The molecule has 5 nitrogen and oxygen atoms in total. The minimum Gasteiger partial charge on any atom is -0.466 e. The van der Waals surface area contributed by atoms with Crippen molar-refractivity contribution in [3.8, 4) is 0 Å². The second-order valence-corrected chi connectivity index (χ2v) is 4.76. The summed E-state index contributed by atoms with van der Waals surface area (Å²) in [6.07, 6.45) is -0.256. The molecule has 0 amide bonds. The minimum atomic E-state index is -0.469. The first-order valence-electron chi connectivity index (χ1n) is 7.87. The van der Waals surface area contributed by atoms with Crippen LogP contribution >= 0.6 is 0 Å². The number of benzene rings is 1. The van der Waals surface area contributed by atoms with Crippen molar-refractivity contribution >= 4 is 5.97 Å². The van der Waals surface area contributed by atoms with E-state index in [-0.39, 0.29) is 18.4 Å². The van der Waals surface area contributed by atoms with Gasteiger partial charge in [0, 0.05) is 19.8 Å². The third-order valence-corrected chi connectivity index (χ3v) is 3.09. The second-order valence-electron chi connectivity index (χ2n) is 4.76. The molecule has 0 heterocycles. The second kappa shape index (κ2) is 11.2. The lowest BCUT2D eigenvalue weighted by atomic mass is 10.1. The van der Waals surface area contributed by atoms with Gasteiger partial charge in [-0.05, 0) is 26.3 Å². The lowest BCUT2D eigenvalue weighted by Gasteiger charge is -2.27. The van der Waals surface area contributed by atoms with Gasteiger partial charge in [0.15, 0.2) is 6.29 Å². The van der Waals surface area contributed by atoms with Crippen LogP contribution in [0.2, 0.25) is 0 Å². The first-order valence-corrected chi connectivity index (χ1v) is 7.87. The Kier molecular flexibility index (Phi) is 9.46. The SMILES string of the molecule is CCOC(=O)CC(NCc1ccccc1)C(OCC)OCC. The molecule has 124 valence electrons. The van der Waals surface area contributed by atoms with Crippen molar-refractivity contribution in [2.45, 2.75) is 46.1 Å². The minimum absolute atomic E-state index is 0.214. The number of ether oxygens (including phenoxy) is 3. The van der Waals surface area contributed by atoms with E-state index < -0.39 is 6.29 Å². The molecule has 0 aliphatic heterocycles. The maximum Gasteiger partial charge on any atom is 0.307 e. The van der Waals surface area contributed by atoms with Crippen LogP contribution in [0.4, 0.5) is 0 Å². The van der Waals surface area contributed by atoms with Crippen molar-refractivity contribution in [1.29, 1.82) is 0 Å². The van der Waals surface area contributed by atoms with Gasteiger partial charge >= 0.3 is 5.97 Å². The predicted octanol–water partition coefficient (Wildman–Crippen LogP) is 2.50. The van der Waals surface area contributed by atoms with E-state index in [1.54, 1.807) is 6.92 Å². The monoisotopic (exact) mass is 309 g/mol. The van der Waals surface area contributed by atoms with Crippen LogP contribution in [0.15, 0.2) is 30.3 Å². The van der Waals surface area contributed by atoms with Crippen LogP contribution in [0.1, 0.15) is 32.8 Å². The molecule has 0 bridgehead atoms. The van der Waals surface area contributed by atoms with Gasteiger partial charge < -0.3 is 19.5 Å². The Labute approximate surface area is 132 Å². The van der Waals surface area contributed by atoms with Crippen LogP contribution in [0.5, 0.6) is 0 Å². The van der Waals surface area contributed by atoms with Crippen molar-refractivity contribution in [2.75, 3.05) is 19.8 Å². The van der Waals surface area contributed by atoms with Gasteiger partial charge in [0.2, 0.25) is 0 Å². The summed E-state index contributed by atoms with van der Waals surface area (Å²) >= 11 is 0. The van der Waals surface area contributed by atoms with Crippen LogP contribution in [0.25, 0.3) is 0 Å². The van der Waals surface area contributed by atoms with Crippen LogP contribution in [0, 0.1) is 0 Å². The summed E-state index contributed by atoms with van der Waals surface area (Å²) < 4.78 is 16.3. The van der Waals surface area contributed by atoms with Crippen molar-refractivity contribution < 1.29 is 19.0 Å². The Hall–Kier alpha value is -1.43. The molecular weight excluding hydrogens is 282 g/mol. The number of carbonyl (C=O) groups excluding carboxylic acids is 1. The normalized spacial score (nSPS) is 12.4. The first kappa shape index (κ1) is 18.6. The lowest BCUT2D eigenvalue weighted by molar-refractivity contribution is -0.165. The van der Waals surface area contributed by atoms with Crippen molar-refractivity contribution in [2.24, 2.45) is 0 Å². The number of carbonyl (C=O) groups is 1. The number of nitrogens with one attached hydrogen (secondary N) is 1. The summed E-state index contributed by atoms with van der Waals surface area (Å²) in [5.74, 6) is -0.252. The highest BCUT2D eigenvalue weighted by Crippen LogP contribution is 2.09. The van der Waals surface area contributed by atoms with Crippen LogP contribution < -0.4 is 5.32 Å². The highest BCUT2D eigenvalue weighted by atomic mass is 16.7. The molecule has 1 aromatic rings. The molecule has 0 aliphatic rings. The van der Waals surface area contributed by atoms with Gasteiger partial charge in [0.25, 0.3) is 0 Å². The van der Waals surface area contributed by atoms with Gasteiger partial charge in [-0.15, -0.1) is 0 Å². The fourth-order valence-corrected chi connectivity index (χ4v) is 2.12. The number of esters is 1. The van der Waals surface area contributed by atoms with Gasteiger partial charge in [-0.25, -0.2) is 0 Å². The fraction of sp³-hybridized carbons (Fsp3) is 0.588. The highest BCUT2D eigenvalue weighted by Gasteiger charge is 2.25. The molecule has 0 aromatic heterocycles. The van der Waals surface area contributed by atoms with Crippen LogP contribution in [0.3, 0.4) is 0 Å². The lowest BCUT2D eigenvalue weighted by Crippen LogP contribution is -2.44. The molecule has 22 heavy (non-hydrogen) atoms. The van der Waals surface area contributed by atoms with E-state index in [4.69, 9.17) is 14.2 Å². The topological polar surface area (TPSA) is 56.8 Å². The number of rotatable bonds is 11. The molecule has 5 heteroatoms. The van der Waals surface area contributed by atoms with Gasteiger partial charge in [-0.1, -0.05) is 30.3 Å². The predicted molar refractivity (Wildman–Crippen MR) is 85.4 cm³/mol. The van der Waals surface area contributed by atoms with E-state index in [9.17, 15) is 4.79 Å². The van der Waals surface area contributed by atoms with E-state index >= 15 is 0 Å². The van der Waals surface area contributed by atoms with Gasteiger partial charge in [-0.3, -0.25) is 4.79 Å². The Bertz CT molecular complexity index is 404. The van der Waals surface area contributed by atoms with Crippen LogP contribution in [-0.2, 0) is 25.5 Å². The van der Waals surface area contributed by atoms with Crippen molar-refractivity contribution in [3.63, 3.8) is 0 Å². The Morgan fingerprint density at radius 3 is 2.23 bits per heavy atom. The van der Waals surface area contributed by atoms with Crippen LogP contribution in [-0.4, -0.2) is 38.1 Å². The van der Waals surface area contributed by atoms with Crippen molar-refractivity contribution in [3.05, 3.63) is 35.9 Å². The summed E-state index contributed by atoms with van der Waals surface area (Å²) in [4.78, 5) is 11.8. The Balaban J connectivity index is 2.68. The average Bonchev–Trinajstić information content (AvgIpc) is 2.52. The molecular formula is C17H27NO4. The molecule has 0 saturated carbocycles. The quantitative estimate of drug-likeness (QED) is 0.503. The standard InChI is InChI=1S/C17H27NO4/c1-4-20-16(19)12-15(17(21-5-2)22-6-3)18-13-14-10-8-7-9-11-14/h7-11,15,17-18H,4-6,12-13H2,1-3H3. The molecule has 0 saturated heterocycles. The van der Waals surface area contributed by atoms with Gasteiger partial charge in [0.05, 0.1) is 19.1 Å². The van der Waals surface area contributed by atoms with Gasteiger partial charge in [-0.2, -0.15) is 0 Å². The summed E-state index contributed by atoms with van der Waals surface area (Å²) in [7, 11) is 0. The van der Waals surface area contributed by atoms with E-state index in [2.05, 4.69) is 5.32 Å². The van der Waals surface area contributed by atoms with E-state index in [0.29, 0.717) is 26.4 Å². The average molecular weight is 309 g/mol. The molecule has 0 fully saturated rings. The zero-order chi connectivity index (χ0) is 16.2. The van der Waals surface area contributed by atoms with Crippen molar-refractivity contribution in [1.82, 2.24) is 5.32 Å². The van der Waals surface area contributed by atoms with E-state index in [0.717, 1.165) is 5.56 Å². The number of hydrogen-bond acceptors (Lipinski definition) is 5. The zero-order valence-electron chi connectivity index (χ0n) is 13.7. The largest absolute Gasteiger partial charge is 0.466 e. The summed E-state index contributed by atoms with van der Waals surface area (Å²) in [5, 5.41) is 3.34. The summed E-state index contributed by atoms with van der Waals surface area (Å²) in [6, 6.07) is 9.76.